The van der Waals surface area contributed by atoms with Crippen LogP contribution < -0.4 is 39.7 Å². The van der Waals surface area contributed by atoms with Crippen LogP contribution in [0.5, 0.6) is 0 Å². The fourth-order valence-electron chi connectivity index (χ4n) is 12.6. The molecule has 2 N–H and O–H groups in total. The summed E-state index contributed by atoms with van der Waals surface area (Å²) in [6, 6.07) is 20.5. The molecule has 0 saturated carbocycles. The normalized spacial score (nSPS) is 15.7. The van der Waals surface area contributed by atoms with Gasteiger partial charge in [-0.3, -0.25) is 19.2 Å². The summed E-state index contributed by atoms with van der Waals surface area (Å²) in [5.41, 5.74) is -3.12. The van der Waals surface area contributed by atoms with Crippen molar-refractivity contribution in [3.8, 4) is 50.1 Å². The summed E-state index contributed by atoms with van der Waals surface area (Å²) >= 11 is 6.95. The number of aliphatic hydroxyl groups is 2. The number of fused-ring (bicyclic) bond motifs is 6. The fraction of sp³-hybridized carbons (Fsp3) is 0.258. The topological polar surface area (TPSA) is 123 Å². The van der Waals surface area contributed by atoms with E-state index in [-0.39, 0.29) is 15.9 Å². The predicted octanol–water partition coefficient (Wildman–Crippen LogP) is 13.6. The van der Waals surface area contributed by atoms with Gasteiger partial charge in [-0.2, -0.15) is 9.13 Å². The van der Waals surface area contributed by atoms with Crippen LogP contribution in [0.25, 0.3) is 61.5 Å². The molecule has 448 valence electrons. The Balaban J connectivity index is 0.885. The predicted molar refractivity (Wildman–Crippen MR) is 324 cm³/mol. The Hall–Kier alpha value is -7.30. The van der Waals surface area contributed by atoms with Gasteiger partial charge in [0.1, 0.15) is 27.5 Å². The first-order valence-corrected chi connectivity index (χ1v) is 36.4. The third kappa shape index (κ3) is 9.17. The van der Waals surface area contributed by atoms with Crippen LogP contribution in [0.3, 0.4) is 0 Å². The standard InChI is InChI=1S/C62H49F9N4O6S4Si2/c1-5-9-21-86(22-10-6-2)38-26-34(30-13-17-72(18-14-30)51-53(76)61(80)74(59(51)78)49-33(64)25-32(63)42(65)46(49)69)82-55(38)57-40(86)28-36(84-57)37-29-41-58(85-37)56-39(87(41,23-11-7-3)24-12-8-4)27-35(83-56)31-15-19-73(20-16-31)52-54(77)62(81)75(60(52)79)50-47(70)44(67)43(66)45(68)48(50)71/h13-20,25-29H,5-12,21-24H2,1-4H3/p+2. The zero-order valence-electron chi connectivity index (χ0n) is 46.8. The molecule has 87 heavy (non-hydrogen) atoms. The van der Waals surface area contributed by atoms with E-state index in [9.17, 15) is 68.9 Å². The van der Waals surface area contributed by atoms with Crippen LogP contribution in [-0.2, 0) is 19.2 Å². The number of pyridine rings is 2. The molecular weight excluding hydrogens is 1250 g/mol. The van der Waals surface area contributed by atoms with E-state index in [1.807, 2.05) is 22.7 Å². The molecule has 4 aliphatic heterocycles. The lowest BCUT2D eigenvalue weighted by atomic mass is 10.2. The Morgan fingerprint density at radius 2 is 0.713 bits per heavy atom. The van der Waals surface area contributed by atoms with Crippen LogP contribution in [0.2, 0.25) is 24.2 Å². The maximum Gasteiger partial charge on any atom is 0.335 e. The van der Waals surface area contributed by atoms with E-state index in [1.165, 1.54) is 74.8 Å². The summed E-state index contributed by atoms with van der Waals surface area (Å²) in [5.74, 6) is -28.2. The highest BCUT2D eigenvalue weighted by Crippen LogP contribution is 2.51. The van der Waals surface area contributed by atoms with Crippen LogP contribution in [0.15, 0.2) is 90.9 Å². The Bertz CT molecular complexity index is 4280. The number of aromatic nitrogens is 2. The molecule has 0 bridgehead atoms. The molecular formula is C62H51F9N4O6S4Si2+2. The third-order valence-corrected chi connectivity index (χ3v) is 33.4. The number of amides is 4. The lowest BCUT2D eigenvalue weighted by Crippen LogP contribution is -2.54. The van der Waals surface area contributed by atoms with Gasteiger partial charge in [0.25, 0.3) is 11.5 Å². The molecule has 4 amide bonds. The first kappa shape index (κ1) is 60.0. The number of carbonyl (C=O) groups is 4. The minimum atomic E-state index is -2.47. The second-order valence-corrected chi connectivity index (χ2v) is 34.7. The van der Waals surface area contributed by atoms with Gasteiger partial charge in [0, 0.05) is 80.5 Å². The Kier molecular flexibility index (Phi) is 15.7. The molecule has 8 aromatic rings. The Labute approximate surface area is 510 Å². The van der Waals surface area contributed by atoms with Crippen molar-refractivity contribution in [3.05, 3.63) is 143 Å². The van der Waals surface area contributed by atoms with E-state index in [0.717, 1.165) is 106 Å². The van der Waals surface area contributed by atoms with Gasteiger partial charge in [-0.15, -0.1) is 45.3 Å². The van der Waals surface area contributed by atoms with Gasteiger partial charge in [-0.1, -0.05) is 79.1 Å². The van der Waals surface area contributed by atoms with E-state index in [0.29, 0.717) is 0 Å². The largest absolute Gasteiger partial charge is 0.498 e. The summed E-state index contributed by atoms with van der Waals surface area (Å²) in [5, 5.41) is 27.3. The number of rotatable bonds is 19. The Morgan fingerprint density at radius 3 is 1.07 bits per heavy atom. The number of hydrogen-bond donors (Lipinski definition) is 2. The number of benzene rings is 2. The van der Waals surface area contributed by atoms with Crippen LogP contribution in [0.4, 0.5) is 50.9 Å². The second kappa shape index (κ2) is 22.7. The van der Waals surface area contributed by atoms with Crippen molar-refractivity contribution in [2.24, 2.45) is 0 Å². The van der Waals surface area contributed by atoms with Crippen LogP contribution >= 0.6 is 45.3 Å². The van der Waals surface area contributed by atoms with Gasteiger partial charge in [-0.25, -0.2) is 49.3 Å². The number of unbranched alkanes of at least 4 members (excludes halogenated alkanes) is 4. The maximum atomic E-state index is 14.9. The van der Waals surface area contributed by atoms with Gasteiger partial charge in [-0.05, 0) is 69.2 Å². The third-order valence-electron chi connectivity index (χ3n) is 17.0. The van der Waals surface area contributed by atoms with Gasteiger partial charge < -0.3 is 10.2 Å². The van der Waals surface area contributed by atoms with Crippen molar-refractivity contribution in [3.63, 3.8) is 0 Å². The van der Waals surface area contributed by atoms with Gasteiger partial charge in [0.15, 0.2) is 71.3 Å². The minimum Gasteiger partial charge on any atom is -0.498 e. The number of anilines is 2. The summed E-state index contributed by atoms with van der Waals surface area (Å²) < 4.78 is 132. The number of hydrogen-bond acceptors (Lipinski definition) is 10. The number of halogens is 9. The first-order valence-electron chi connectivity index (χ1n) is 28.3. The number of imide groups is 2. The van der Waals surface area contributed by atoms with Crippen molar-refractivity contribution < 1.29 is 78.0 Å². The van der Waals surface area contributed by atoms with Gasteiger partial charge >= 0.3 is 35.0 Å². The summed E-state index contributed by atoms with van der Waals surface area (Å²) in [6.07, 6.45) is 13.8. The molecule has 6 aromatic heterocycles. The molecule has 0 atom stereocenters. The monoisotopic (exact) mass is 1300 g/mol. The highest BCUT2D eigenvalue weighted by Gasteiger charge is 2.53. The average molecular weight is 1300 g/mol. The lowest BCUT2D eigenvalue weighted by molar-refractivity contribution is -0.578. The molecule has 0 fully saturated rings. The van der Waals surface area contributed by atoms with Crippen molar-refractivity contribution >= 4 is 129 Å². The number of aliphatic hydroxyl groups excluding tert-OH is 2. The smallest absolute Gasteiger partial charge is 0.335 e. The molecule has 25 heteroatoms. The van der Waals surface area contributed by atoms with Crippen LogP contribution in [-0.4, -0.2) is 50.0 Å². The van der Waals surface area contributed by atoms with E-state index >= 15 is 0 Å². The molecule has 0 radical (unpaired) electrons. The van der Waals surface area contributed by atoms with E-state index < -0.39 is 126 Å². The summed E-state index contributed by atoms with van der Waals surface area (Å²) in [4.78, 5) is 62.3. The van der Waals surface area contributed by atoms with E-state index in [2.05, 4.69) is 52.0 Å². The summed E-state index contributed by atoms with van der Waals surface area (Å²) in [6.45, 7) is 8.80. The SMILES string of the molecule is CCCC[Si]1(CCCC)c2cc(-c3cc[n+](C4=C(O)C(=O)N(c5c(F)cc(F)c(F)c5F)C4=O)cc3)sc2-c2sc(-c3cc4c(s3)-c3sc(-c5cc[n+](C6=C(O)C(=O)N(c7c(F)c(F)c(F)c(F)c7F)C6=O)cc5)cc3[Si]4(CCCC)CCCC)cc21. The number of thiophene rings is 4. The molecule has 0 unspecified atom stereocenters. The molecule has 0 saturated heterocycles. The molecule has 4 aliphatic rings. The Morgan fingerprint density at radius 1 is 0.402 bits per heavy atom. The quantitative estimate of drug-likeness (QED) is 0.0208. The second-order valence-electron chi connectivity index (χ2n) is 22.0. The first-order chi connectivity index (χ1) is 41.7. The van der Waals surface area contributed by atoms with Gasteiger partial charge in [0.2, 0.25) is 5.82 Å². The van der Waals surface area contributed by atoms with Crippen molar-refractivity contribution in [1.82, 2.24) is 0 Å². The fourth-order valence-corrected chi connectivity index (χ4v) is 32.0. The zero-order valence-corrected chi connectivity index (χ0v) is 52.1. The summed E-state index contributed by atoms with van der Waals surface area (Å²) in [7, 11) is -4.81. The molecule has 0 spiro atoms. The van der Waals surface area contributed by atoms with Crippen molar-refractivity contribution in [2.45, 2.75) is 103 Å². The zero-order chi connectivity index (χ0) is 61.9. The molecule has 0 aliphatic carbocycles. The highest BCUT2D eigenvalue weighted by atomic mass is 32.1. The minimum absolute atomic E-state index is 0.00973. The molecule has 12 rings (SSSR count). The van der Waals surface area contributed by atoms with Crippen LogP contribution in [0.1, 0.15) is 79.1 Å². The molecule has 2 aromatic carbocycles. The molecule has 10 nitrogen and oxygen atoms in total. The lowest BCUT2D eigenvalue weighted by Gasteiger charge is -2.29. The van der Waals surface area contributed by atoms with E-state index in [4.69, 9.17) is 0 Å². The highest BCUT2D eigenvalue weighted by molar-refractivity contribution is 7.35. The molecule has 10 heterocycles. The van der Waals surface area contributed by atoms with Crippen LogP contribution in [0, 0.1) is 52.4 Å². The van der Waals surface area contributed by atoms with Crippen molar-refractivity contribution in [2.75, 3.05) is 9.80 Å². The van der Waals surface area contributed by atoms with E-state index in [1.54, 1.807) is 46.9 Å². The van der Waals surface area contributed by atoms with Gasteiger partial charge in [0.05, 0.1) is 0 Å². The van der Waals surface area contributed by atoms with Crippen molar-refractivity contribution in [1.29, 1.82) is 0 Å². The average Bonchev–Trinajstić information content (AvgIpc) is 1.56. The number of nitrogens with zero attached hydrogens (tertiary/aromatic N) is 4. The number of carbonyl (C=O) groups excluding carboxylic acids is 4. The maximum absolute atomic E-state index is 14.9.